The van der Waals surface area contributed by atoms with Gasteiger partial charge in [0, 0.05) is 32.0 Å². The summed E-state index contributed by atoms with van der Waals surface area (Å²) in [6.45, 7) is 0.943. The zero-order chi connectivity index (χ0) is 19.5. The highest BCUT2D eigenvalue weighted by Crippen LogP contribution is 2.36. The van der Waals surface area contributed by atoms with Crippen molar-refractivity contribution in [2.75, 3.05) is 32.4 Å². The molecule has 28 heavy (non-hydrogen) atoms. The van der Waals surface area contributed by atoms with Crippen LogP contribution in [-0.4, -0.2) is 43.8 Å². The molecule has 0 atom stereocenters. The van der Waals surface area contributed by atoms with E-state index in [0.29, 0.717) is 47.9 Å². The monoisotopic (exact) mass is 380 g/mol. The van der Waals surface area contributed by atoms with Crippen molar-refractivity contribution in [3.63, 3.8) is 0 Å². The molecule has 0 saturated heterocycles. The predicted octanol–water partition coefficient (Wildman–Crippen LogP) is 2.64. The molecule has 1 N–H and O–H groups in total. The summed E-state index contributed by atoms with van der Waals surface area (Å²) in [4.78, 5) is 27.3. The van der Waals surface area contributed by atoms with Gasteiger partial charge >= 0.3 is 0 Å². The fraction of sp³-hybridized carbons (Fsp3) is 0.238. The molecule has 0 spiro atoms. The average Bonchev–Trinajstić information content (AvgIpc) is 3.27. The highest BCUT2D eigenvalue weighted by atomic mass is 16.7. The molecule has 2 aliphatic heterocycles. The molecule has 144 valence electrons. The van der Waals surface area contributed by atoms with Crippen molar-refractivity contribution in [1.82, 2.24) is 4.90 Å². The predicted molar refractivity (Wildman–Crippen MR) is 103 cm³/mol. The smallest absolute Gasteiger partial charge is 0.278 e. The van der Waals surface area contributed by atoms with E-state index in [0.717, 1.165) is 0 Å². The molecular weight excluding hydrogens is 360 g/mol. The maximum absolute atomic E-state index is 13.0. The van der Waals surface area contributed by atoms with Crippen LogP contribution < -0.4 is 14.8 Å². The van der Waals surface area contributed by atoms with E-state index in [4.69, 9.17) is 14.2 Å². The molecule has 2 aromatic carbocycles. The van der Waals surface area contributed by atoms with Crippen LogP contribution in [0.3, 0.4) is 0 Å². The molecule has 7 heteroatoms. The summed E-state index contributed by atoms with van der Waals surface area (Å²) in [5, 5.41) is 3.12. The van der Waals surface area contributed by atoms with E-state index in [-0.39, 0.29) is 24.3 Å². The van der Waals surface area contributed by atoms with Crippen molar-refractivity contribution in [2.24, 2.45) is 0 Å². The third-order valence-electron chi connectivity index (χ3n) is 4.60. The Labute approximate surface area is 162 Å². The molecule has 2 heterocycles. The Balaban J connectivity index is 1.68. The summed E-state index contributed by atoms with van der Waals surface area (Å²) < 4.78 is 15.8. The maximum atomic E-state index is 13.0. The lowest BCUT2D eigenvalue weighted by molar-refractivity contribution is -0.136. The van der Waals surface area contributed by atoms with Gasteiger partial charge in [0.1, 0.15) is 5.70 Å². The topological polar surface area (TPSA) is 77.1 Å². The van der Waals surface area contributed by atoms with Gasteiger partial charge in [-0.1, -0.05) is 30.3 Å². The molecule has 0 fully saturated rings. The van der Waals surface area contributed by atoms with Crippen LogP contribution in [0.25, 0.3) is 5.57 Å². The summed E-state index contributed by atoms with van der Waals surface area (Å²) in [7, 11) is 1.59. The molecule has 2 aliphatic rings. The van der Waals surface area contributed by atoms with Crippen molar-refractivity contribution >= 4 is 23.1 Å². The first-order valence-electron chi connectivity index (χ1n) is 9.00. The van der Waals surface area contributed by atoms with Crippen molar-refractivity contribution in [3.05, 3.63) is 59.8 Å². The van der Waals surface area contributed by atoms with Crippen LogP contribution in [0.2, 0.25) is 0 Å². The quantitative estimate of drug-likeness (QED) is 0.588. The number of nitrogens with zero attached hydrogens (tertiary/aromatic N) is 1. The molecule has 4 rings (SSSR count). The number of ether oxygens (including phenoxy) is 3. The number of benzene rings is 2. The summed E-state index contributed by atoms with van der Waals surface area (Å²) in [6, 6.07) is 14.5. The van der Waals surface area contributed by atoms with Crippen LogP contribution in [0.5, 0.6) is 11.5 Å². The Bertz CT molecular complexity index is 939. The molecule has 0 aromatic heterocycles. The Morgan fingerprint density at radius 2 is 1.82 bits per heavy atom. The second kappa shape index (κ2) is 7.74. The lowest BCUT2D eigenvalue weighted by Gasteiger charge is -2.15. The SMILES string of the molecule is COCCCN1C(=O)C(Nc2ccc3c(c2)OCO3)=C(c2ccccc2)C1=O. The third kappa shape index (κ3) is 3.32. The summed E-state index contributed by atoms with van der Waals surface area (Å²) in [5.74, 6) is 0.589. The number of nitrogens with one attached hydrogen (secondary N) is 1. The van der Waals surface area contributed by atoms with E-state index in [1.54, 1.807) is 25.3 Å². The number of amides is 2. The van der Waals surface area contributed by atoms with Crippen LogP contribution >= 0.6 is 0 Å². The van der Waals surface area contributed by atoms with E-state index in [1.807, 2.05) is 30.3 Å². The molecule has 0 radical (unpaired) electrons. The Morgan fingerprint density at radius 3 is 2.61 bits per heavy atom. The van der Waals surface area contributed by atoms with E-state index >= 15 is 0 Å². The zero-order valence-electron chi connectivity index (χ0n) is 15.4. The molecule has 2 amide bonds. The number of hydrogen-bond acceptors (Lipinski definition) is 6. The van der Waals surface area contributed by atoms with Gasteiger partial charge < -0.3 is 19.5 Å². The number of rotatable bonds is 7. The zero-order valence-corrected chi connectivity index (χ0v) is 15.4. The van der Waals surface area contributed by atoms with Gasteiger partial charge in [-0.25, -0.2) is 0 Å². The van der Waals surface area contributed by atoms with Crippen molar-refractivity contribution in [2.45, 2.75) is 6.42 Å². The van der Waals surface area contributed by atoms with Gasteiger partial charge in [-0.3, -0.25) is 14.5 Å². The number of hydrogen-bond donors (Lipinski definition) is 1. The van der Waals surface area contributed by atoms with Gasteiger partial charge in [-0.2, -0.15) is 0 Å². The Kier molecular flexibility index (Phi) is 4.99. The van der Waals surface area contributed by atoms with E-state index in [1.165, 1.54) is 4.90 Å². The second-order valence-electron chi connectivity index (χ2n) is 6.42. The van der Waals surface area contributed by atoms with Gasteiger partial charge in [0.25, 0.3) is 11.8 Å². The number of carbonyl (C=O) groups is 2. The molecule has 2 aromatic rings. The summed E-state index contributed by atoms with van der Waals surface area (Å²) >= 11 is 0. The van der Waals surface area contributed by atoms with E-state index in [9.17, 15) is 9.59 Å². The van der Waals surface area contributed by atoms with Gasteiger partial charge in [0.15, 0.2) is 11.5 Å². The highest BCUT2D eigenvalue weighted by molar-refractivity contribution is 6.36. The Morgan fingerprint density at radius 1 is 1.04 bits per heavy atom. The van der Waals surface area contributed by atoms with Crippen LogP contribution in [-0.2, 0) is 14.3 Å². The van der Waals surface area contributed by atoms with Crippen molar-refractivity contribution in [1.29, 1.82) is 0 Å². The standard InChI is InChI=1S/C21H20N2O5/c1-26-11-5-10-23-20(24)18(14-6-3-2-4-7-14)19(21(23)25)22-15-8-9-16-17(12-15)28-13-27-16/h2-4,6-9,12,22H,5,10-11,13H2,1H3. The fourth-order valence-electron chi connectivity index (χ4n) is 3.25. The number of imide groups is 1. The first-order valence-corrected chi connectivity index (χ1v) is 9.00. The van der Waals surface area contributed by atoms with E-state index in [2.05, 4.69) is 5.32 Å². The summed E-state index contributed by atoms with van der Waals surface area (Å²) in [5.41, 5.74) is 1.96. The highest BCUT2D eigenvalue weighted by Gasteiger charge is 2.38. The Hall–Kier alpha value is -3.32. The molecule has 7 nitrogen and oxygen atoms in total. The molecule has 0 aliphatic carbocycles. The molecule has 0 saturated carbocycles. The lowest BCUT2D eigenvalue weighted by Crippen LogP contribution is -2.33. The first-order chi connectivity index (χ1) is 13.7. The summed E-state index contributed by atoms with van der Waals surface area (Å²) in [6.07, 6.45) is 0.577. The van der Waals surface area contributed by atoms with Crippen LogP contribution in [0.15, 0.2) is 54.2 Å². The first kappa shape index (κ1) is 18.1. The minimum Gasteiger partial charge on any atom is -0.454 e. The van der Waals surface area contributed by atoms with Crippen LogP contribution in [0.1, 0.15) is 12.0 Å². The number of anilines is 1. The fourth-order valence-corrected chi connectivity index (χ4v) is 3.25. The molecule has 0 bridgehead atoms. The normalized spacial score (nSPS) is 15.5. The number of carbonyl (C=O) groups excluding carboxylic acids is 2. The molecule has 0 unspecified atom stereocenters. The van der Waals surface area contributed by atoms with Gasteiger partial charge in [-0.05, 0) is 24.1 Å². The van der Waals surface area contributed by atoms with Crippen LogP contribution in [0.4, 0.5) is 5.69 Å². The van der Waals surface area contributed by atoms with Crippen molar-refractivity contribution < 1.29 is 23.8 Å². The van der Waals surface area contributed by atoms with Gasteiger partial charge in [-0.15, -0.1) is 0 Å². The van der Waals surface area contributed by atoms with Gasteiger partial charge in [0.05, 0.1) is 5.57 Å². The third-order valence-corrected chi connectivity index (χ3v) is 4.60. The van der Waals surface area contributed by atoms with Gasteiger partial charge in [0.2, 0.25) is 6.79 Å². The number of methoxy groups -OCH3 is 1. The number of fused-ring (bicyclic) bond motifs is 1. The maximum Gasteiger partial charge on any atom is 0.278 e. The minimum atomic E-state index is -0.349. The van der Waals surface area contributed by atoms with E-state index < -0.39 is 0 Å². The largest absolute Gasteiger partial charge is 0.454 e. The van der Waals surface area contributed by atoms with Crippen molar-refractivity contribution in [3.8, 4) is 11.5 Å². The minimum absolute atomic E-state index is 0.168. The lowest BCUT2D eigenvalue weighted by atomic mass is 10.0. The van der Waals surface area contributed by atoms with Crippen LogP contribution in [0, 0.1) is 0 Å². The average molecular weight is 380 g/mol. The molecular formula is C21H20N2O5. The second-order valence-corrected chi connectivity index (χ2v) is 6.42.